The highest BCUT2D eigenvalue weighted by atomic mass is 16.5. The summed E-state index contributed by atoms with van der Waals surface area (Å²) in [6.45, 7) is 5.12. The number of rotatable bonds is 8. The highest BCUT2D eigenvalue weighted by Gasteiger charge is 2.45. The summed E-state index contributed by atoms with van der Waals surface area (Å²) in [7, 11) is 1.67. The van der Waals surface area contributed by atoms with Gasteiger partial charge in [0.15, 0.2) is 0 Å². The van der Waals surface area contributed by atoms with Gasteiger partial charge in [0.1, 0.15) is 5.82 Å². The Morgan fingerprint density at radius 3 is 2.53 bits per heavy atom. The normalized spacial score (nSPS) is 18.8. The van der Waals surface area contributed by atoms with Gasteiger partial charge in [0, 0.05) is 37.9 Å². The van der Waals surface area contributed by atoms with E-state index in [1.165, 1.54) is 5.56 Å². The standard InChI is InChI=1S/C26H35N3O3/c1-20-27-18-22(19-32-17-16-31-2)24(28-20)21-10-14-29(15-11-21)25(30)26(12-6-7-13-26)23-8-4-3-5-9-23/h3-5,8-9,18,21H,6-7,10-17,19H2,1-2H3. The number of aryl methyl sites for hydroxylation is 1. The van der Waals surface area contributed by atoms with E-state index in [-0.39, 0.29) is 5.41 Å². The predicted octanol–water partition coefficient (Wildman–Crippen LogP) is 4.17. The van der Waals surface area contributed by atoms with Crippen LogP contribution in [0.4, 0.5) is 0 Å². The van der Waals surface area contributed by atoms with Crippen molar-refractivity contribution < 1.29 is 14.3 Å². The molecular weight excluding hydrogens is 402 g/mol. The van der Waals surface area contributed by atoms with Crippen LogP contribution in [-0.4, -0.2) is 54.2 Å². The molecule has 2 aromatic rings. The number of nitrogens with zero attached hydrogens (tertiary/aromatic N) is 3. The number of methoxy groups -OCH3 is 1. The van der Waals surface area contributed by atoms with Crippen molar-refractivity contribution in [2.75, 3.05) is 33.4 Å². The largest absolute Gasteiger partial charge is 0.382 e. The zero-order valence-electron chi connectivity index (χ0n) is 19.4. The van der Waals surface area contributed by atoms with Crippen molar-refractivity contribution in [3.63, 3.8) is 0 Å². The van der Waals surface area contributed by atoms with Crippen LogP contribution in [0.2, 0.25) is 0 Å². The third kappa shape index (κ3) is 4.86. The van der Waals surface area contributed by atoms with Crippen LogP contribution in [0.5, 0.6) is 0 Å². The molecule has 0 spiro atoms. The first-order valence-corrected chi connectivity index (χ1v) is 11.9. The highest BCUT2D eigenvalue weighted by Crippen LogP contribution is 2.43. The molecule has 6 heteroatoms. The number of carbonyl (C=O) groups excluding carboxylic acids is 1. The summed E-state index contributed by atoms with van der Waals surface area (Å²) in [5.74, 6) is 1.44. The number of amides is 1. The molecule has 0 unspecified atom stereocenters. The number of piperidine rings is 1. The number of likely N-dealkylation sites (tertiary alicyclic amines) is 1. The number of carbonyl (C=O) groups is 1. The SMILES string of the molecule is COCCOCc1cnc(C)nc1C1CCN(C(=O)C2(c3ccccc3)CCCC2)CC1. The lowest BCUT2D eigenvalue weighted by Crippen LogP contribution is -2.48. The van der Waals surface area contributed by atoms with Crippen molar-refractivity contribution in [1.29, 1.82) is 0 Å². The summed E-state index contributed by atoms with van der Waals surface area (Å²) in [6, 6.07) is 10.4. The molecule has 32 heavy (non-hydrogen) atoms. The van der Waals surface area contributed by atoms with Crippen LogP contribution in [0.3, 0.4) is 0 Å². The van der Waals surface area contributed by atoms with Crippen LogP contribution < -0.4 is 0 Å². The van der Waals surface area contributed by atoms with E-state index in [4.69, 9.17) is 14.5 Å². The molecule has 2 aliphatic rings. The molecule has 1 saturated carbocycles. The van der Waals surface area contributed by atoms with E-state index in [0.29, 0.717) is 31.6 Å². The molecule has 2 fully saturated rings. The molecule has 1 saturated heterocycles. The smallest absolute Gasteiger partial charge is 0.233 e. The number of hydrogen-bond donors (Lipinski definition) is 0. The second-order valence-electron chi connectivity index (χ2n) is 9.09. The summed E-state index contributed by atoms with van der Waals surface area (Å²) < 4.78 is 10.8. The quantitative estimate of drug-likeness (QED) is 0.580. The van der Waals surface area contributed by atoms with Gasteiger partial charge in [-0.1, -0.05) is 43.2 Å². The Bertz CT molecular complexity index is 888. The van der Waals surface area contributed by atoms with Gasteiger partial charge in [0.2, 0.25) is 5.91 Å². The van der Waals surface area contributed by atoms with Gasteiger partial charge in [-0.3, -0.25) is 4.79 Å². The van der Waals surface area contributed by atoms with E-state index in [2.05, 4.69) is 34.1 Å². The van der Waals surface area contributed by atoms with Crippen molar-refractivity contribution in [2.24, 2.45) is 0 Å². The van der Waals surface area contributed by atoms with Gasteiger partial charge in [-0.25, -0.2) is 9.97 Å². The minimum Gasteiger partial charge on any atom is -0.382 e. The fraction of sp³-hybridized carbons (Fsp3) is 0.577. The summed E-state index contributed by atoms with van der Waals surface area (Å²) in [6.07, 6.45) is 7.93. The minimum absolute atomic E-state index is 0.321. The van der Waals surface area contributed by atoms with Crippen molar-refractivity contribution >= 4 is 5.91 Å². The zero-order chi connectivity index (χ0) is 22.4. The number of hydrogen-bond acceptors (Lipinski definition) is 5. The lowest BCUT2D eigenvalue weighted by Gasteiger charge is -2.39. The average Bonchev–Trinajstić information content (AvgIpc) is 3.34. The molecule has 1 aliphatic heterocycles. The van der Waals surface area contributed by atoms with Gasteiger partial charge >= 0.3 is 0 Å². The first-order chi connectivity index (χ1) is 15.6. The molecule has 1 amide bonds. The molecular formula is C26H35N3O3. The number of aromatic nitrogens is 2. The Morgan fingerprint density at radius 2 is 1.84 bits per heavy atom. The van der Waals surface area contributed by atoms with Crippen LogP contribution in [0, 0.1) is 6.92 Å². The van der Waals surface area contributed by atoms with Crippen LogP contribution >= 0.6 is 0 Å². The third-order valence-electron chi connectivity index (χ3n) is 7.07. The van der Waals surface area contributed by atoms with Crippen molar-refractivity contribution in [3.8, 4) is 0 Å². The maximum absolute atomic E-state index is 13.8. The number of benzene rings is 1. The van der Waals surface area contributed by atoms with Gasteiger partial charge in [-0.2, -0.15) is 0 Å². The molecule has 0 radical (unpaired) electrons. The van der Waals surface area contributed by atoms with E-state index >= 15 is 0 Å². The highest BCUT2D eigenvalue weighted by molar-refractivity contribution is 5.88. The minimum atomic E-state index is -0.333. The van der Waals surface area contributed by atoms with Crippen LogP contribution in [-0.2, 0) is 26.3 Å². The van der Waals surface area contributed by atoms with Crippen LogP contribution in [0.25, 0.3) is 0 Å². The first-order valence-electron chi connectivity index (χ1n) is 11.9. The zero-order valence-corrected chi connectivity index (χ0v) is 19.4. The number of ether oxygens (including phenoxy) is 2. The van der Waals surface area contributed by atoms with E-state index < -0.39 is 0 Å². The molecule has 0 N–H and O–H groups in total. The molecule has 0 bridgehead atoms. The fourth-order valence-corrected chi connectivity index (χ4v) is 5.32. The van der Waals surface area contributed by atoms with E-state index in [0.717, 1.165) is 68.7 Å². The average molecular weight is 438 g/mol. The Balaban J connectivity index is 1.44. The lowest BCUT2D eigenvalue weighted by molar-refractivity contribution is -0.138. The summed E-state index contributed by atoms with van der Waals surface area (Å²) >= 11 is 0. The van der Waals surface area contributed by atoms with Crippen molar-refractivity contribution in [2.45, 2.75) is 63.4 Å². The molecule has 6 nitrogen and oxygen atoms in total. The van der Waals surface area contributed by atoms with Gasteiger partial charge < -0.3 is 14.4 Å². The first kappa shape index (κ1) is 22.9. The van der Waals surface area contributed by atoms with Gasteiger partial charge in [0.05, 0.1) is 30.9 Å². The molecule has 2 heterocycles. The Labute approximate surface area is 191 Å². The third-order valence-corrected chi connectivity index (χ3v) is 7.07. The van der Waals surface area contributed by atoms with Crippen LogP contribution in [0.1, 0.15) is 67.1 Å². The molecule has 4 rings (SSSR count). The topological polar surface area (TPSA) is 64.6 Å². The van der Waals surface area contributed by atoms with E-state index in [1.54, 1.807) is 7.11 Å². The van der Waals surface area contributed by atoms with Gasteiger partial charge in [-0.05, 0) is 38.2 Å². The van der Waals surface area contributed by atoms with E-state index in [9.17, 15) is 4.79 Å². The Morgan fingerprint density at radius 1 is 1.12 bits per heavy atom. The predicted molar refractivity (Wildman–Crippen MR) is 123 cm³/mol. The van der Waals surface area contributed by atoms with Crippen molar-refractivity contribution in [3.05, 3.63) is 59.2 Å². The lowest BCUT2D eigenvalue weighted by atomic mass is 9.77. The second-order valence-corrected chi connectivity index (χ2v) is 9.09. The Kier molecular flexibility index (Phi) is 7.53. The van der Waals surface area contributed by atoms with Crippen LogP contribution in [0.15, 0.2) is 36.5 Å². The van der Waals surface area contributed by atoms with E-state index in [1.807, 2.05) is 19.2 Å². The molecule has 1 aromatic heterocycles. The Hall–Kier alpha value is -2.31. The van der Waals surface area contributed by atoms with Crippen molar-refractivity contribution in [1.82, 2.24) is 14.9 Å². The van der Waals surface area contributed by atoms with Gasteiger partial charge in [-0.15, -0.1) is 0 Å². The maximum atomic E-state index is 13.8. The second kappa shape index (κ2) is 10.5. The maximum Gasteiger partial charge on any atom is 0.233 e. The fourth-order valence-electron chi connectivity index (χ4n) is 5.32. The molecule has 1 aromatic carbocycles. The summed E-state index contributed by atoms with van der Waals surface area (Å²) in [5.41, 5.74) is 2.99. The molecule has 172 valence electrons. The van der Waals surface area contributed by atoms with Gasteiger partial charge in [0.25, 0.3) is 0 Å². The summed E-state index contributed by atoms with van der Waals surface area (Å²) in [4.78, 5) is 25.0. The summed E-state index contributed by atoms with van der Waals surface area (Å²) in [5, 5.41) is 0. The monoisotopic (exact) mass is 437 g/mol. The molecule has 0 atom stereocenters. The molecule has 1 aliphatic carbocycles.